The molecule has 10 heteroatoms. The van der Waals surface area contributed by atoms with Gasteiger partial charge in [0.15, 0.2) is 5.69 Å². The van der Waals surface area contributed by atoms with E-state index in [4.69, 9.17) is 4.74 Å². The Morgan fingerprint density at radius 2 is 1.88 bits per heavy atom. The van der Waals surface area contributed by atoms with Gasteiger partial charge in [-0.05, 0) is 23.6 Å². The molecule has 1 saturated heterocycles. The molecule has 1 fully saturated rings. The molecule has 0 radical (unpaired) electrons. The van der Waals surface area contributed by atoms with Gasteiger partial charge in [-0.3, -0.25) is 4.90 Å². The maximum Gasteiger partial charge on any atom is 0.435 e. The average Bonchev–Trinajstić information content (AvgIpc) is 3.08. The molecule has 2 aromatic heterocycles. The Morgan fingerprint density at radius 3 is 2.50 bits per heavy atom. The Bertz CT molecular complexity index is 1220. The van der Waals surface area contributed by atoms with E-state index in [-0.39, 0.29) is 17.0 Å². The largest absolute Gasteiger partial charge is 0.497 e. The highest BCUT2D eigenvalue weighted by molar-refractivity contribution is 6.09. The van der Waals surface area contributed by atoms with E-state index < -0.39 is 18.0 Å². The minimum atomic E-state index is -4.60. The lowest BCUT2D eigenvalue weighted by atomic mass is 9.84. The van der Waals surface area contributed by atoms with Crippen LogP contribution in [0.15, 0.2) is 30.5 Å². The number of piperazine rings is 1. The predicted molar refractivity (Wildman–Crippen MR) is 123 cm³/mol. The van der Waals surface area contributed by atoms with Gasteiger partial charge in [-0.25, -0.2) is 9.78 Å². The van der Waals surface area contributed by atoms with Crippen molar-refractivity contribution in [2.45, 2.75) is 39.5 Å². The number of carboxylic acid groups (broad SMARTS) is 1. The molecule has 1 amide bonds. The molecule has 1 N–H and O–H groups in total. The van der Waals surface area contributed by atoms with Crippen molar-refractivity contribution in [2.75, 3.05) is 33.3 Å². The van der Waals surface area contributed by atoms with Crippen LogP contribution in [0.5, 0.6) is 5.75 Å². The van der Waals surface area contributed by atoms with Crippen LogP contribution in [0, 0.1) is 5.41 Å². The quantitative estimate of drug-likeness (QED) is 0.576. The number of halogens is 3. The number of alkyl halides is 3. The molecule has 34 heavy (non-hydrogen) atoms. The van der Waals surface area contributed by atoms with Crippen LogP contribution in [0.1, 0.15) is 26.5 Å². The third kappa shape index (κ3) is 4.38. The van der Waals surface area contributed by atoms with Crippen molar-refractivity contribution in [3.8, 4) is 5.75 Å². The smallest absolute Gasteiger partial charge is 0.435 e. The Hall–Kier alpha value is -3.01. The molecule has 0 spiro atoms. The van der Waals surface area contributed by atoms with Crippen molar-refractivity contribution in [2.24, 2.45) is 5.41 Å². The molecule has 4 rings (SSSR count). The van der Waals surface area contributed by atoms with Crippen LogP contribution in [0.25, 0.3) is 21.8 Å². The molecular weight excluding hydrogens is 449 g/mol. The van der Waals surface area contributed by atoms with Crippen LogP contribution in [-0.2, 0) is 12.7 Å². The van der Waals surface area contributed by atoms with Gasteiger partial charge in [-0.15, -0.1) is 0 Å². The number of benzene rings is 1. The van der Waals surface area contributed by atoms with Gasteiger partial charge in [0, 0.05) is 55.8 Å². The fourth-order valence-corrected chi connectivity index (χ4v) is 4.85. The first kappa shape index (κ1) is 24.1. The minimum Gasteiger partial charge on any atom is -0.497 e. The second-order valence-corrected chi connectivity index (χ2v) is 9.75. The summed E-state index contributed by atoms with van der Waals surface area (Å²) < 4.78 is 48.7. The van der Waals surface area contributed by atoms with Gasteiger partial charge in [-0.1, -0.05) is 20.8 Å². The van der Waals surface area contributed by atoms with E-state index in [0.29, 0.717) is 54.8 Å². The maximum atomic E-state index is 13.9. The molecule has 3 aromatic rings. The van der Waals surface area contributed by atoms with Crippen molar-refractivity contribution >= 4 is 27.9 Å². The summed E-state index contributed by atoms with van der Waals surface area (Å²) >= 11 is 0. The number of aromatic nitrogens is 2. The molecular formula is C24H29F3N4O3. The molecule has 1 aromatic carbocycles. The van der Waals surface area contributed by atoms with Crippen LogP contribution in [0.3, 0.4) is 0 Å². The molecule has 1 atom stereocenters. The van der Waals surface area contributed by atoms with Crippen molar-refractivity contribution in [3.63, 3.8) is 0 Å². The van der Waals surface area contributed by atoms with Crippen LogP contribution < -0.4 is 4.74 Å². The van der Waals surface area contributed by atoms with E-state index in [9.17, 15) is 23.1 Å². The zero-order chi connectivity index (χ0) is 24.8. The summed E-state index contributed by atoms with van der Waals surface area (Å²) in [6.45, 7) is 8.15. The third-order valence-corrected chi connectivity index (χ3v) is 6.60. The Morgan fingerprint density at radius 1 is 1.15 bits per heavy atom. The summed E-state index contributed by atoms with van der Waals surface area (Å²) in [5.41, 5.74) is -0.493. The summed E-state index contributed by atoms with van der Waals surface area (Å²) in [7, 11) is 1.52. The van der Waals surface area contributed by atoms with Crippen molar-refractivity contribution in [1.82, 2.24) is 19.4 Å². The molecule has 1 aliphatic heterocycles. The molecule has 1 aliphatic rings. The van der Waals surface area contributed by atoms with Crippen molar-refractivity contribution in [1.29, 1.82) is 0 Å². The van der Waals surface area contributed by atoms with E-state index in [2.05, 4.69) is 9.88 Å². The highest BCUT2D eigenvalue weighted by Gasteiger charge is 2.39. The first-order chi connectivity index (χ1) is 15.9. The number of amides is 1. The van der Waals surface area contributed by atoms with Gasteiger partial charge in [0.1, 0.15) is 5.75 Å². The number of fused-ring (bicyclic) bond motifs is 3. The topological polar surface area (TPSA) is 70.8 Å². The second-order valence-electron chi connectivity index (χ2n) is 9.75. The van der Waals surface area contributed by atoms with E-state index in [1.54, 1.807) is 28.8 Å². The van der Waals surface area contributed by atoms with Gasteiger partial charge in [0.05, 0.1) is 24.2 Å². The number of methoxy groups -OCH3 is 1. The van der Waals surface area contributed by atoms with E-state index in [1.165, 1.54) is 18.2 Å². The normalized spacial score (nSPS) is 18.1. The Kier molecular flexibility index (Phi) is 6.14. The monoisotopic (exact) mass is 478 g/mol. The van der Waals surface area contributed by atoms with Gasteiger partial charge in [-0.2, -0.15) is 13.2 Å². The number of hydrogen-bond acceptors (Lipinski definition) is 4. The summed E-state index contributed by atoms with van der Waals surface area (Å²) in [5, 5.41) is 10.8. The second kappa shape index (κ2) is 8.65. The molecule has 184 valence electrons. The van der Waals surface area contributed by atoms with Crippen LogP contribution in [0.2, 0.25) is 0 Å². The molecule has 7 nitrogen and oxygen atoms in total. The molecule has 0 saturated carbocycles. The van der Waals surface area contributed by atoms with Crippen LogP contribution in [0.4, 0.5) is 18.0 Å². The van der Waals surface area contributed by atoms with E-state index in [1.807, 2.05) is 20.8 Å². The number of hydrogen-bond donors (Lipinski definition) is 1. The zero-order valence-electron chi connectivity index (χ0n) is 19.7. The first-order valence-corrected chi connectivity index (χ1v) is 11.2. The minimum absolute atomic E-state index is 0.0507. The molecule has 3 heterocycles. The van der Waals surface area contributed by atoms with E-state index in [0.717, 1.165) is 0 Å². The molecule has 1 unspecified atom stereocenters. The van der Waals surface area contributed by atoms with Gasteiger partial charge < -0.3 is 19.3 Å². The predicted octanol–water partition coefficient (Wildman–Crippen LogP) is 4.93. The lowest BCUT2D eigenvalue weighted by Gasteiger charge is -2.46. The summed E-state index contributed by atoms with van der Waals surface area (Å²) in [4.78, 5) is 19.0. The third-order valence-electron chi connectivity index (χ3n) is 6.60. The Balaban J connectivity index is 1.73. The van der Waals surface area contributed by atoms with Gasteiger partial charge in [0.2, 0.25) is 0 Å². The van der Waals surface area contributed by atoms with Crippen molar-refractivity contribution < 1.29 is 27.8 Å². The van der Waals surface area contributed by atoms with Crippen molar-refractivity contribution in [3.05, 3.63) is 36.2 Å². The highest BCUT2D eigenvalue weighted by atomic mass is 19.4. The standard InChI is InChI=1S/C24H29F3N4O3/c1-23(2,3)19-14-29(10-12-31(19)22(32)33)9-11-30-18-13-15(34-4)5-6-16(18)17-7-8-28-21(20(17)30)24(25,26)27/h5-8,13,19H,9-12,14H2,1-4H3,(H,32,33). The van der Waals surface area contributed by atoms with E-state index >= 15 is 0 Å². The number of carbonyl (C=O) groups is 1. The molecule has 0 bridgehead atoms. The number of ether oxygens (including phenoxy) is 1. The lowest BCUT2D eigenvalue weighted by molar-refractivity contribution is -0.140. The van der Waals surface area contributed by atoms with Gasteiger partial charge >= 0.3 is 12.3 Å². The Labute approximate surface area is 195 Å². The fraction of sp³-hybridized carbons (Fsp3) is 0.500. The summed E-state index contributed by atoms with van der Waals surface area (Å²) in [6.07, 6.45) is -4.35. The summed E-state index contributed by atoms with van der Waals surface area (Å²) in [6, 6.07) is 6.64. The maximum absolute atomic E-state index is 13.9. The lowest BCUT2D eigenvalue weighted by Crippen LogP contribution is -2.59. The average molecular weight is 479 g/mol. The van der Waals surface area contributed by atoms with Gasteiger partial charge in [0.25, 0.3) is 0 Å². The highest BCUT2D eigenvalue weighted by Crippen LogP contribution is 2.39. The fourth-order valence-electron chi connectivity index (χ4n) is 4.85. The number of pyridine rings is 1. The number of nitrogens with zero attached hydrogens (tertiary/aromatic N) is 4. The first-order valence-electron chi connectivity index (χ1n) is 11.2. The zero-order valence-corrected chi connectivity index (χ0v) is 19.7. The van der Waals surface area contributed by atoms with Crippen LogP contribution in [-0.4, -0.2) is 69.9 Å². The summed E-state index contributed by atoms with van der Waals surface area (Å²) in [5.74, 6) is 0.556. The number of rotatable bonds is 4. The SMILES string of the molecule is COc1ccc2c3ccnc(C(F)(F)F)c3n(CCN3CCN(C(=O)O)C(C(C)(C)C)C3)c2c1. The molecule has 0 aliphatic carbocycles. The van der Waals surface area contributed by atoms with Crippen LogP contribution >= 0.6 is 0 Å².